The summed E-state index contributed by atoms with van der Waals surface area (Å²) in [5, 5.41) is 10.9. The molecule has 1 aromatic carbocycles. The topological polar surface area (TPSA) is 95.7 Å². The van der Waals surface area contributed by atoms with Gasteiger partial charge in [-0.05, 0) is 18.1 Å². The molecule has 0 bridgehead atoms. The van der Waals surface area contributed by atoms with Crippen LogP contribution in [0.3, 0.4) is 0 Å². The van der Waals surface area contributed by atoms with Crippen LogP contribution >= 0.6 is 0 Å². The number of carbonyl (C=O) groups is 2. The number of nitro groups is 1. The Bertz CT molecular complexity index is 606. The van der Waals surface area contributed by atoms with Crippen LogP contribution in [0.25, 0.3) is 6.08 Å². The van der Waals surface area contributed by atoms with Gasteiger partial charge in [-0.1, -0.05) is 12.2 Å². The second kappa shape index (κ2) is 7.18. The van der Waals surface area contributed by atoms with Crippen LogP contribution in [0.2, 0.25) is 0 Å². The minimum Gasteiger partial charge on any atom is -0.469 e. The van der Waals surface area contributed by atoms with E-state index < -0.39 is 16.9 Å². The highest BCUT2D eigenvalue weighted by Crippen LogP contribution is 2.24. The van der Waals surface area contributed by atoms with Crippen LogP contribution in [-0.4, -0.2) is 31.1 Å². The largest absolute Gasteiger partial charge is 0.469 e. The molecule has 0 heterocycles. The molecular formula is C14H15NO6. The number of carbonyl (C=O) groups excluding carboxylic acids is 2. The van der Waals surface area contributed by atoms with Crippen LogP contribution in [0.5, 0.6) is 0 Å². The Morgan fingerprint density at radius 1 is 1.29 bits per heavy atom. The molecule has 21 heavy (non-hydrogen) atoms. The lowest BCUT2D eigenvalue weighted by Crippen LogP contribution is -2.06. The van der Waals surface area contributed by atoms with E-state index in [9.17, 15) is 19.7 Å². The SMILES string of the molecule is COC(=O)CC=Cc1cc([N+](=O)[O-])cc(C(=O)OC)c1C. The second-order valence-electron chi connectivity index (χ2n) is 4.14. The van der Waals surface area contributed by atoms with Crippen LogP contribution in [0.4, 0.5) is 5.69 Å². The van der Waals surface area contributed by atoms with Gasteiger partial charge in [0.15, 0.2) is 0 Å². The molecule has 1 rings (SSSR count). The van der Waals surface area contributed by atoms with Gasteiger partial charge in [-0.3, -0.25) is 14.9 Å². The third-order valence-electron chi connectivity index (χ3n) is 2.86. The number of esters is 2. The number of nitrogens with zero attached hydrogens (tertiary/aromatic N) is 1. The molecule has 0 saturated heterocycles. The molecule has 0 atom stereocenters. The molecule has 0 amide bonds. The van der Waals surface area contributed by atoms with Gasteiger partial charge in [-0.2, -0.15) is 0 Å². The Kier molecular flexibility index (Phi) is 5.59. The number of rotatable bonds is 5. The maximum Gasteiger partial charge on any atom is 0.338 e. The van der Waals surface area contributed by atoms with Crippen LogP contribution in [0, 0.1) is 17.0 Å². The van der Waals surface area contributed by atoms with Crippen molar-refractivity contribution in [1.82, 2.24) is 0 Å². The van der Waals surface area contributed by atoms with E-state index in [1.54, 1.807) is 6.92 Å². The number of hydrogen-bond donors (Lipinski definition) is 0. The summed E-state index contributed by atoms with van der Waals surface area (Å²) in [6, 6.07) is 2.49. The fourth-order valence-electron chi connectivity index (χ4n) is 1.69. The molecule has 1 aromatic rings. The number of ether oxygens (including phenoxy) is 2. The fraction of sp³-hybridized carbons (Fsp3) is 0.286. The zero-order valence-electron chi connectivity index (χ0n) is 11.9. The van der Waals surface area contributed by atoms with Crippen molar-refractivity contribution in [3.05, 3.63) is 45.0 Å². The van der Waals surface area contributed by atoms with Gasteiger partial charge in [0.05, 0.1) is 31.1 Å². The lowest BCUT2D eigenvalue weighted by molar-refractivity contribution is -0.384. The van der Waals surface area contributed by atoms with E-state index >= 15 is 0 Å². The van der Waals surface area contributed by atoms with E-state index in [1.807, 2.05) is 0 Å². The van der Waals surface area contributed by atoms with E-state index in [1.165, 1.54) is 38.5 Å². The van der Waals surface area contributed by atoms with E-state index in [4.69, 9.17) is 0 Å². The van der Waals surface area contributed by atoms with Gasteiger partial charge >= 0.3 is 11.9 Å². The first-order valence-electron chi connectivity index (χ1n) is 6.01. The standard InChI is InChI=1S/C14H15NO6/c1-9-10(5-4-6-13(16)20-2)7-11(15(18)19)8-12(9)14(17)21-3/h4-5,7-8H,6H2,1-3H3. The number of benzene rings is 1. The molecule has 0 fully saturated rings. The lowest BCUT2D eigenvalue weighted by atomic mass is 10.0. The summed E-state index contributed by atoms with van der Waals surface area (Å²) in [7, 11) is 2.47. The van der Waals surface area contributed by atoms with E-state index in [0.29, 0.717) is 11.1 Å². The van der Waals surface area contributed by atoms with Crippen LogP contribution in [0.1, 0.15) is 27.9 Å². The molecule has 7 nitrogen and oxygen atoms in total. The van der Waals surface area contributed by atoms with Gasteiger partial charge in [0, 0.05) is 12.1 Å². The minimum atomic E-state index is -0.654. The number of non-ortho nitro benzene ring substituents is 1. The normalized spacial score (nSPS) is 10.4. The van der Waals surface area contributed by atoms with Crippen LogP contribution < -0.4 is 0 Å². The Balaban J connectivity index is 3.24. The van der Waals surface area contributed by atoms with Crippen LogP contribution in [0.15, 0.2) is 18.2 Å². The van der Waals surface area contributed by atoms with E-state index in [0.717, 1.165) is 0 Å². The highest BCUT2D eigenvalue weighted by Gasteiger charge is 2.18. The van der Waals surface area contributed by atoms with Crippen LogP contribution in [-0.2, 0) is 14.3 Å². The van der Waals surface area contributed by atoms with Crippen molar-refractivity contribution in [2.45, 2.75) is 13.3 Å². The Morgan fingerprint density at radius 2 is 1.95 bits per heavy atom. The molecule has 0 aliphatic heterocycles. The van der Waals surface area contributed by atoms with Gasteiger partial charge in [0.1, 0.15) is 0 Å². The first kappa shape index (κ1) is 16.4. The fourth-order valence-corrected chi connectivity index (χ4v) is 1.69. The highest BCUT2D eigenvalue weighted by atomic mass is 16.6. The first-order valence-corrected chi connectivity index (χ1v) is 6.01. The van der Waals surface area contributed by atoms with Crippen molar-refractivity contribution >= 4 is 23.7 Å². The van der Waals surface area contributed by atoms with Gasteiger partial charge in [-0.15, -0.1) is 0 Å². The summed E-state index contributed by atoms with van der Waals surface area (Å²) in [5.41, 5.74) is 0.894. The summed E-state index contributed by atoms with van der Waals surface area (Å²) in [4.78, 5) is 33.0. The third-order valence-corrected chi connectivity index (χ3v) is 2.86. The summed E-state index contributed by atoms with van der Waals surface area (Å²) in [6.07, 6.45) is 3.08. The van der Waals surface area contributed by atoms with Gasteiger partial charge in [0.2, 0.25) is 0 Å². The summed E-state index contributed by atoms with van der Waals surface area (Å²) >= 11 is 0. The predicted molar refractivity (Wildman–Crippen MR) is 74.8 cm³/mol. The quantitative estimate of drug-likeness (QED) is 0.469. The summed E-state index contributed by atoms with van der Waals surface area (Å²) in [6.45, 7) is 1.65. The molecule has 0 spiro atoms. The molecule has 0 radical (unpaired) electrons. The van der Waals surface area contributed by atoms with Crippen molar-refractivity contribution in [1.29, 1.82) is 0 Å². The third kappa shape index (κ3) is 4.13. The molecule has 0 unspecified atom stereocenters. The predicted octanol–water partition coefficient (Wildman–Crippen LogP) is 2.27. The maximum absolute atomic E-state index is 11.6. The van der Waals surface area contributed by atoms with Crippen molar-refractivity contribution in [3.8, 4) is 0 Å². The average Bonchev–Trinajstić information content (AvgIpc) is 2.47. The van der Waals surface area contributed by atoms with Gasteiger partial charge in [0.25, 0.3) is 5.69 Å². The zero-order valence-corrected chi connectivity index (χ0v) is 11.9. The molecular weight excluding hydrogens is 278 g/mol. The van der Waals surface area contributed by atoms with Gasteiger partial charge in [-0.25, -0.2) is 4.79 Å². The Labute approximate surface area is 121 Å². The molecule has 0 N–H and O–H groups in total. The average molecular weight is 293 g/mol. The molecule has 0 aromatic heterocycles. The van der Waals surface area contributed by atoms with Crippen molar-refractivity contribution in [2.24, 2.45) is 0 Å². The zero-order chi connectivity index (χ0) is 16.0. The maximum atomic E-state index is 11.6. The second-order valence-corrected chi connectivity index (χ2v) is 4.14. The first-order chi connectivity index (χ1) is 9.90. The van der Waals surface area contributed by atoms with Gasteiger partial charge < -0.3 is 9.47 Å². The van der Waals surface area contributed by atoms with E-state index in [2.05, 4.69) is 9.47 Å². The minimum absolute atomic E-state index is 0.0339. The highest BCUT2D eigenvalue weighted by molar-refractivity contribution is 5.93. The Hall–Kier alpha value is -2.70. The monoisotopic (exact) mass is 293 g/mol. The number of nitro benzene ring substituents is 1. The molecule has 7 heteroatoms. The summed E-state index contributed by atoms with van der Waals surface area (Å²) < 4.78 is 9.09. The molecule has 0 saturated carbocycles. The molecule has 0 aliphatic rings. The number of hydrogen-bond acceptors (Lipinski definition) is 6. The molecule has 112 valence electrons. The van der Waals surface area contributed by atoms with Crippen molar-refractivity contribution < 1.29 is 24.0 Å². The summed E-state index contributed by atoms with van der Waals surface area (Å²) in [5.74, 6) is -1.08. The lowest BCUT2D eigenvalue weighted by Gasteiger charge is -2.07. The van der Waals surface area contributed by atoms with Crippen molar-refractivity contribution in [3.63, 3.8) is 0 Å². The number of methoxy groups -OCH3 is 2. The smallest absolute Gasteiger partial charge is 0.338 e. The Morgan fingerprint density at radius 3 is 2.48 bits per heavy atom. The molecule has 0 aliphatic carbocycles. The van der Waals surface area contributed by atoms with E-state index in [-0.39, 0.29) is 17.7 Å². The van der Waals surface area contributed by atoms with Crippen molar-refractivity contribution in [2.75, 3.05) is 14.2 Å².